The summed E-state index contributed by atoms with van der Waals surface area (Å²) in [5, 5.41) is 2.93. The van der Waals surface area contributed by atoms with Crippen molar-refractivity contribution < 1.29 is 14.0 Å². The smallest absolute Gasteiger partial charge is 0.234 e. The quantitative estimate of drug-likeness (QED) is 0.724. The molecule has 0 unspecified atom stereocenters. The normalized spacial score (nSPS) is 14.7. The van der Waals surface area contributed by atoms with Crippen molar-refractivity contribution in [1.82, 2.24) is 15.1 Å². The van der Waals surface area contributed by atoms with Gasteiger partial charge in [0.15, 0.2) is 0 Å². The minimum absolute atomic E-state index is 0.00417. The van der Waals surface area contributed by atoms with E-state index >= 15 is 0 Å². The van der Waals surface area contributed by atoms with Crippen LogP contribution in [-0.4, -0.2) is 60.1 Å². The number of nitrogens with zero attached hydrogens (tertiary/aromatic N) is 2. The summed E-state index contributed by atoms with van der Waals surface area (Å²) in [6.45, 7) is 3.49. The highest BCUT2D eigenvalue weighted by atomic mass is 32.2. The van der Waals surface area contributed by atoms with Crippen LogP contribution in [0, 0.1) is 5.82 Å². The number of hydrogen-bond donors (Lipinski definition) is 1. The number of hydrogen-bond acceptors (Lipinski definition) is 4. The van der Waals surface area contributed by atoms with Crippen molar-refractivity contribution in [3.63, 3.8) is 0 Å². The first kappa shape index (κ1) is 20.4. The molecule has 2 aromatic rings. The van der Waals surface area contributed by atoms with Crippen molar-refractivity contribution in [2.24, 2.45) is 0 Å². The van der Waals surface area contributed by atoms with Crippen molar-refractivity contribution in [1.29, 1.82) is 0 Å². The molecule has 148 valence electrons. The second kappa shape index (κ2) is 10.2. The Morgan fingerprint density at radius 1 is 0.964 bits per heavy atom. The largest absolute Gasteiger partial charge is 0.351 e. The summed E-state index contributed by atoms with van der Waals surface area (Å²) >= 11 is 1.41. The fourth-order valence-corrected chi connectivity index (χ4v) is 3.78. The van der Waals surface area contributed by atoms with E-state index in [9.17, 15) is 14.0 Å². The first-order valence-electron chi connectivity index (χ1n) is 9.29. The van der Waals surface area contributed by atoms with Gasteiger partial charge in [0.25, 0.3) is 0 Å². The predicted molar refractivity (Wildman–Crippen MR) is 108 cm³/mol. The average Bonchev–Trinajstić information content (AvgIpc) is 2.73. The van der Waals surface area contributed by atoms with E-state index in [0.717, 1.165) is 10.5 Å². The second-order valence-corrected chi connectivity index (χ2v) is 7.71. The van der Waals surface area contributed by atoms with Crippen molar-refractivity contribution in [3.8, 4) is 0 Å². The van der Waals surface area contributed by atoms with Crippen LogP contribution >= 0.6 is 11.8 Å². The van der Waals surface area contributed by atoms with Crippen molar-refractivity contribution >= 4 is 23.6 Å². The Bertz CT molecular complexity index is 778. The zero-order valence-corrected chi connectivity index (χ0v) is 16.5. The van der Waals surface area contributed by atoms with Gasteiger partial charge in [-0.1, -0.05) is 30.3 Å². The molecule has 0 radical (unpaired) electrons. The van der Waals surface area contributed by atoms with Gasteiger partial charge in [0.2, 0.25) is 11.8 Å². The third-order valence-corrected chi connectivity index (χ3v) is 5.60. The van der Waals surface area contributed by atoms with Gasteiger partial charge in [0.05, 0.1) is 12.3 Å². The fourth-order valence-electron chi connectivity index (χ4n) is 2.98. The maximum atomic E-state index is 12.9. The van der Waals surface area contributed by atoms with Crippen LogP contribution in [0.4, 0.5) is 4.39 Å². The number of piperazine rings is 1. The Labute approximate surface area is 168 Å². The molecule has 0 spiro atoms. The molecule has 1 aliphatic heterocycles. The highest BCUT2D eigenvalue weighted by Crippen LogP contribution is 2.19. The SMILES string of the molecule is O=C(CN1CCN(C(=O)CSc2ccc(F)cc2)CC1)NCc1ccccc1. The van der Waals surface area contributed by atoms with Gasteiger partial charge in [-0.2, -0.15) is 0 Å². The number of benzene rings is 2. The molecule has 2 amide bonds. The molecule has 2 aromatic carbocycles. The molecule has 1 heterocycles. The van der Waals surface area contributed by atoms with Gasteiger partial charge in [-0.15, -0.1) is 11.8 Å². The number of rotatable bonds is 7. The van der Waals surface area contributed by atoms with Crippen LogP contribution in [0.25, 0.3) is 0 Å². The van der Waals surface area contributed by atoms with E-state index in [4.69, 9.17) is 0 Å². The number of carbonyl (C=O) groups is 2. The Morgan fingerprint density at radius 2 is 1.64 bits per heavy atom. The van der Waals surface area contributed by atoms with E-state index in [1.165, 1.54) is 23.9 Å². The van der Waals surface area contributed by atoms with E-state index in [1.54, 1.807) is 12.1 Å². The summed E-state index contributed by atoms with van der Waals surface area (Å²) in [5.41, 5.74) is 1.07. The Kier molecular flexibility index (Phi) is 7.45. The van der Waals surface area contributed by atoms with Crippen LogP contribution in [0.2, 0.25) is 0 Å². The molecule has 0 saturated carbocycles. The zero-order chi connectivity index (χ0) is 19.8. The lowest BCUT2D eigenvalue weighted by atomic mass is 10.2. The van der Waals surface area contributed by atoms with Crippen LogP contribution in [0.5, 0.6) is 0 Å². The Balaban J connectivity index is 1.34. The van der Waals surface area contributed by atoms with E-state index in [0.29, 0.717) is 45.0 Å². The first-order valence-corrected chi connectivity index (χ1v) is 10.3. The fraction of sp³-hybridized carbons (Fsp3) is 0.333. The van der Waals surface area contributed by atoms with E-state index in [1.807, 2.05) is 35.2 Å². The third-order valence-electron chi connectivity index (χ3n) is 4.60. The summed E-state index contributed by atoms with van der Waals surface area (Å²) in [7, 11) is 0. The van der Waals surface area contributed by atoms with E-state index < -0.39 is 0 Å². The topological polar surface area (TPSA) is 52.7 Å². The molecule has 0 aliphatic carbocycles. The molecule has 0 bridgehead atoms. The number of halogens is 1. The molecule has 3 rings (SSSR count). The summed E-state index contributed by atoms with van der Waals surface area (Å²) in [6.07, 6.45) is 0. The summed E-state index contributed by atoms with van der Waals surface area (Å²) in [5.74, 6) is 0.126. The summed E-state index contributed by atoms with van der Waals surface area (Å²) in [6, 6.07) is 16.0. The highest BCUT2D eigenvalue weighted by Gasteiger charge is 2.22. The standard InChI is InChI=1S/C21H24FN3O2S/c22-18-6-8-19(9-7-18)28-16-21(27)25-12-10-24(11-13-25)15-20(26)23-14-17-4-2-1-3-5-17/h1-9H,10-16H2,(H,23,26). The average molecular weight is 402 g/mol. The van der Waals surface area contributed by atoms with Gasteiger partial charge in [0.1, 0.15) is 5.82 Å². The first-order chi connectivity index (χ1) is 13.6. The van der Waals surface area contributed by atoms with Crippen LogP contribution in [0.15, 0.2) is 59.5 Å². The predicted octanol–water partition coefficient (Wildman–Crippen LogP) is 2.38. The number of carbonyl (C=O) groups excluding carboxylic acids is 2. The molecule has 7 heteroatoms. The summed E-state index contributed by atoms with van der Waals surface area (Å²) in [4.78, 5) is 29.3. The molecular weight excluding hydrogens is 377 g/mol. The van der Waals surface area contributed by atoms with Crippen LogP contribution in [-0.2, 0) is 16.1 Å². The monoisotopic (exact) mass is 401 g/mol. The molecule has 1 aliphatic rings. The van der Waals surface area contributed by atoms with Gasteiger partial charge >= 0.3 is 0 Å². The number of amides is 2. The second-order valence-electron chi connectivity index (χ2n) is 6.66. The molecule has 1 N–H and O–H groups in total. The van der Waals surface area contributed by atoms with Crippen LogP contribution in [0.1, 0.15) is 5.56 Å². The number of thioether (sulfide) groups is 1. The minimum atomic E-state index is -0.278. The molecule has 0 aromatic heterocycles. The zero-order valence-electron chi connectivity index (χ0n) is 15.6. The third kappa shape index (κ3) is 6.35. The summed E-state index contributed by atoms with van der Waals surface area (Å²) < 4.78 is 12.9. The van der Waals surface area contributed by atoms with Gasteiger partial charge in [-0.25, -0.2) is 4.39 Å². The van der Waals surface area contributed by atoms with Gasteiger partial charge < -0.3 is 10.2 Å². The van der Waals surface area contributed by atoms with Gasteiger partial charge in [0, 0.05) is 37.6 Å². The lowest BCUT2D eigenvalue weighted by Gasteiger charge is -2.34. The molecule has 0 atom stereocenters. The minimum Gasteiger partial charge on any atom is -0.351 e. The van der Waals surface area contributed by atoms with E-state index in [-0.39, 0.29) is 17.6 Å². The van der Waals surface area contributed by atoms with Crippen molar-refractivity contribution in [2.75, 3.05) is 38.5 Å². The molecule has 1 fully saturated rings. The molecule has 1 saturated heterocycles. The highest BCUT2D eigenvalue weighted by molar-refractivity contribution is 8.00. The molecule has 5 nitrogen and oxygen atoms in total. The number of nitrogens with one attached hydrogen (secondary N) is 1. The van der Waals surface area contributed by atoms with Crippen molar-refractivity contribution in [3.05, 3.63) is 66.0 Å². The van der Waals surface area contributed by atoms with E-state index in [2.05, 4.69) is 10.2 Å². The Morgan fingerprint density at radius 3 is 2.32 bits per heavy atom. The van der Waals surface area contributed by atoms with Gasteiger partial charge in [-0.05, 0) is 29.8 Å². The molecular formula is C21H24FN3O2S. The molecule has 28 heavy (non-hydrogen) atoms. The van der Waals surface area contributed by atoms with Crippen molar-refractivity contribution in [2.45, 2.75) is 11.4 Å². The van der Waals surface area contributed by atoms with Crippen LogP contribution < -0.4 is 5.32 Å². The lowest BCUT2D eigenvalue weighted by molar-refractivity contribution is -0.130. The van der Waals surface area contributed by atoms with Gasteiger partial charge in [-0.3, -0.25) is 14.5 Å². The maximum absolute atomic E-state index is 12.9. The lowest BCUT2D eigenvalue weighted by Crippen LogP contribution is -2.51. The van der Waals surface area contributed by atoms with Crippen LogP contribution in [0.3, 0.4) is 0 Å². The Hall–Kier alpha value is -2.38. The maximum Gasteiger partial charge on any atom is 0.234 e.